The van der Waals surface area contributed by atoms with Gasteiger partial charge in [0.25, 0.3) is 0 Å². The third-order valence-electron chi connectivity index (χ3n) is 12.2. The first-order valence-corrected chi connectivity index (χ1v) is 26.0. The van der Waals surface area contributed by atoms with E-state index < -0.39 is 0 Å². The van der Waals surface area contributed by atoms with Crippen molar-refractivity contribution in [3.05, 3.63) is 30.7 Å². The number of benzene rings is 1. The van der Waals surface area contributed by atoms with Crippen LogP contribution in [0.2, 0.25) is 0 Å². The maximum atomic E-state index is 6.26. The second-order valence-electron chi connectivity index (χ2n) is 17.9. The molecule has 0 spiro atoms. The van der Waals surface area contributed by atoms with E-state index in [9.17, 15) is 0 Å². The van der Waals surface area contributed by atoms with Crippen molar-refractivity contribution >= 4 is 0 Å². The average molecular weight is 782 g/mol. The first-order chi connectivity index (χ1) is 27.8. The summed E-state index contributed by atoms with van der Waals surface area (Å²) >= 11 is 0. The summed E-state index contributed by atoms with van der Waals surface area (Å²) in [7, 11) is 0. The number of hydrogen-bond acceptors (Lipinski definition) is 2. The summed E-state index contributed by atoms with van der Waals surface area (Å²) in [5.41, 5.74) is 1.33. The van der Waals surface area contributed by atoms with Gasteiger partial charge in [-0.1, -0.05) is 271 Å². The van der Waals surface area contributed by atoms with Gasteiger partial charge in [-0.05, 0) is 43.4 Å². The minimum atomic E-state index is 0.816. The summed E-state index contributed by atoms with van der Waals surface area (Å²) in [5.74, 6) is 1.98. The predicted molar refractivity (Wildman–Crippen MR) is 252 cm³/mol. The van der Waals surface area contributed by atoms with Crippen molar-refractivity contribution in [1.29, 1.82) is 0 Å². The largest absolute Gasteiger partial charge is 0.493 e. The van der Waals surface area contributed by atoms with Crippen LogP contribution in [0.5, 0.6) is 11.5 Å². The predicted octanol–water partition coefficient (Wildman–Crippen LogP) is 19.2. The van der Waals surface area contributed by atoms with Gasteiger partial charge in [0.05, 0.1) is 13.2 Å². The van der Waals surface area contributed by atoms with Crippen LogP contribution in [0.4, 0.5) is 0 Å². The topological polar surface area (TPSA) is 18.5 Å². The Balaban J connectivity index is 1.97. The molecule has 0 saturated carbocycles. The van der Waals surface area contributed by atoms with E-state index in [4.69, 9.17) is 9.47 Å². The molecule has 0 aliphatic heterocycles. The lowest BCUT2D eigenvalue weighted by molar-refractivity contribution is 0.289. The molecule has 0 N–H and O–H groups in total. The van der Waals surface area contributed by atoms with Crippen LogP contribution in [0, 0.1) is 6.92 Å². The number of ether oxygens (including phenoxy) is 2. The molecule has 56 heavy (non-hydrogen) atoms. The molecule has 0 saturated heterocycles. The molecule has 0 bridgehead atoms. The fourth-order valence-corrected chi connectivity index (χ4v) is 8.37. The van der Waals surface area contributed by atoms with Gasteiger partial charge in [-0.3, -0.25) is 0 Å². The third-order valence-corrected chi connectivity index (χ3v) is 12.2. The van der Waals surface area contributed by atoms with Crippen molar-refractivity contribution < 1.29 is 9.47 Å². The molecule has 1 aromatic carbocycles. The minimum absolute atomic E-state index is 0.816. The lowest BCUT2D eigenvalue weighted by atomic mass is 10.0. The standard InChI is InChI=1S/C54H101O2/c1-4-7-10-12-14-16-18-20-22-24-26-28-30-32-34-36-38-40-42-44-47-55-53-49-52(46-9-6-3)50-54(51-53)56-48-45-43-41-39-37-35-33-31-29-27-25-23-21-19-17-15-13-11-8-5-2/h49-51H,3-48H2,1-2H3. The molecule has 0 aliphatic carbocycles. The van der Waals surface area contributed by atoms with Gasteiger partial charge in [0, 0.05) is 6.07 Å². The maximum Gasteiger partial charge on any atom is 0.123 e. The lowest BCUT2D eigenvalue weighted by Crippen LogP contribution is -2.01. The van der Waals surface area contributed by atoms with E-state index in [-0.39, 0.29) is 0 Å². The van der Waals surface area contributed by atoms with Crippen LogP contribution < -0.4 is 9.47 Å². The van der Waals surface area contributed by atoms with Crippen LogP contribution >= 0.6 is 0 Å². The molecule has 0 amide bonds. The summed E-state index contributed by atoms with van der Waals surface area (Å²) in [4.78, 5) is 0. The quantitative estimate of drug-likeness (QED) is 0.0613. The Morgan fingerprint density at radius 3 is 0.768 bits per heavy atom. The van der Waals surface area contributed by atoms with E-state index in [1.54, 1.807) is 0 Å². The van der Waals surface area contributed by atoms with Gasteiger partial charge in [0.2, 0.25) is 0 Å². The molecule has 1 aromatic rings. The molecular weight excluding hydrogens is 681 g/mol. The molecule has 2 heteroatoms. The molecule has 0 fully saturated rings. The molecule has 1 rings (SSSR count). The van der Waals surface area contributed by atoms with Crippen LogP contribution in [0.3, 0.4) is 0 Å². The molecule has 329 valence electrons. The van der Waals surface area contributed by atoms with Gasteiger partial charge in [0.15, 0.2) is 0 Å². The first-order valence-electron chi connectivity index (χ1n) is 26.0. The third kappa shape index (κ3) is 38.3. The van der Waals surface area contributed by atoms with E-state index in [0.29, 0.717) is 0 Å². The van der Waals surface area contributed by atoms with E-state index in [2.05, 4.69) is 39.0 Å². The molecule has 2 nitrogen and oxygen atoms in total. The smallest absolute Gasteiger partial charge is 0.123 e. The molecular formula is C54H101O2. The van der Waals surface area contributed by atoms with Gasteiger partial charge in [-0.25, -0.2) is 0 Å². The van der Waals surface area contributed by atoms with Crippen LogP contribution in [0.25, 0.3) is 0 Å². The normalized spacial score (nSPS) is 11.5. The second-order valence-corrected chi connectivity index (χ2v) is 17.9. The summed E-state index contributed by atoms with van der Waals surface area (Å²) in [6.45, 7) is 10.3. The van der Waals surface area contributed by atoms with Crippen LogP contribution in [0.1, 0.15) is 289 Å². The fraction of sp³-hybridized carbons (Fsp3) is 0.870. The molecule has 0 unspecified atom stereocenters. The Kier molecular flexibility index (Phi) is 42.4. The van der Waals surface area contributed by atoms with Crippen LogP contribution in [-0.2, 0) is 6.42 Å². The lowest BCUT2D eigenvalue weighted by Gasteiger charge is -2.13. The number of aryl methyl sites for hydroxylation is 1. The van der Waals surface area contributed by atoms with Crippen molar-refractivity contribution in [2.75, 3.05) is 13.2 Å². The monoisotopic (exact) mass is 782 g/mol. The van der Waals surface area contributed by atoms with Crippen LogP contribution in [0.15, 0.2) is 18.2 Å². The molecule has 0 aromatic heterocycles. The van der Waals surface area contributed by atoms with E-state index >= 15 is 0 Å². The van der Waals surface area contributed by atoms with Crippen molar-refractivity contribution in [3.8, 4) is 11.5 Å². The number of hydrogen-bond donors (Lipinski definition) is 0. The van der Waals surface area contributed by atoms with Gasteiger partial charge in [0.1, 0.15) is 11.5 Å². The molecule has 1 radical (unpaired) electrons. The molecule has 0 aliphatic rings. The fourth-order valence-electron chi connectivity index (χ4n) is 8.37. The Hall–Kier alpha value is -1.18. The van der Waals surface area contributed by atoms with Crippen molar-refractivity contribution in [3.63, 3.8) is 0 Å². The van der Waals surface area contributed by atoms with Gasteiger partial charge < -0.3 is 9.47 Å². The van der Waals surface area contributed by atoms with Crippen LogP contribution in [-0.4, -0.2) is 13.2 Å². The minimum Gasteiger partial charge on any atom is -0.493 e. The zero-order valence-corrected chi connectivity index (χ0v) is 38.6. The van der Waals surface area contributed by atoms with Gasteiger partial charge in [-0.15, -0.1) is 0 Å². The van der Waals surface area contributed by atoms with Gasteiger partial charge >= 0.3 is 0 Å². The molecule has 0 heterocycles. The molecule has 0 atom stereocenters. The highest BCUT2D eigenvalue weighted by atomic mass is 16.5. The summed E-state index contributed by atoms with van der Waals surface area (Å²) in [6, 6.07) is 6.59. The Morgan fingerprint density at radius 2 is 0.536 bits per heavy atom. The Morgan fingerprint density at radius 1 is 0.304 bits per heavy atom. The van der Waals surface area contributed by atoms with E-state index in [0.717, 1.165) is 56.8 Å². The zero-order valence-electron chi connectivity index (χ0n) is 38.6. The SMILES string of the molecule is [CH2]CCCc1cc(OCCCCCCCCCCCCCCCCCCCCCC)cc(OCCCCCCCCCCCCCCCCCCCCCC)c1. The number of rotatable bonds is 47. The van der Waals surface area contributed by atoms with E-state index in [1.807, 2.05) is 0 Å². The van der Waals surface area contributed by atoms with Gasteiger partial charge in [-0.2, -0.15) is 0 Å². The maximum absolute atomic E-state index is 6.26. The Bertz CT molecular complexity index is 815. The highest BCUT2D eigenvalue weighted by Gasteiger charge is 2.05. The highest BCUT2D eigenvalue weighted by molar-refractivity contribution is 5.38. The van der Waals surface area contributed by atoms with E-state index in [1.165, 1.54) is 250 Å². The average Bonchev–Trinajstić information content (AvgIpc) is 3.21. The summed E-state index contributed by atoms with van der Waals surface area (Å²) < 4.78 is 12.5. The zero-order chi connectivity index (χ0) is 40.1. The van der Waals surface area contributed by atoms with Crippen molar-refractivity contribution in [1.82, 2.24) is 0 Å². The highest BCUT2D eigenvalue weighted by Crippen LogP contribution is 2.25. The summed E-state index contributed by atoms with van der Waals surface area (Å²) in [5, 5.41) is 0. The Labute approximate surface area is 353 Å². The van der Waals surface area contributed by atoms with Crippen molar-refractivity contribution in [2.45, 2.75) is 290 Å². The van der Waals surface area contributed by atoms with Crippen molar-refractivity contribution in [2.24, 2.45) is 0 Å². The first kappa shape index (κ1) is 52.8. The number of unbranched alkanes of at least 4 members (excludes halogenated alkanes) is 39. The summed E-state index contributed by atoms with van der Waals surface area (Å²) in [6.07, 6.45) is 59.8. The second kappa shape index (κ2) is 44.9.